The van der Waals surface area contributed by atoms with Gasteiger partial charge in [0, 0.05) is 36.6 Å². The van der Waals surface area contributed by atoms with Crippen LogP contribution < -0.4 is 10.1 Å². The number of benzene rings is 1. The van der Waals surface area contributed by atoms with Gasteiger partial charge >= 0.3 is 0 Å². The molecule has 0 radical (unpaired) electrons. The van der Waals surface area contributed by atoms with Gasteiger partial charge < -0.3 is 14.7 Å². The average Bonchev–Trinajstić information content (AvgIpc) is 3.08. The largest absolute Gasteiger partial charge is 0.504 e. The molecule has 1 unspecified atom stereocenters. The molecule has 0 saturated heterocycles. The molecule has 1 amide bonds. The fraction of sp³-hybridized carbons (Fsp3) is 0.263. The summed E-state index contributed by atoms with van der Waals surface area (Å²) in [5.41, 5.74) is 2.55. The van der Waals surface area contributed by atoms with E-state index in [1.165, 1.54) is 0 Å². The Morgan fingerprint density at radius 3 is 3.04 bits per heavy atom. The van der Waals surface area contributed by atoms with Crippen LogP contribution in [-0.2, 0) is 11.3 Å². The average molecular weight is 337 g/mol. The first-order chi connectivity index (χ1) is 12.2. The number of pyridine rings is 1. The third-order valence-corrected chi connectivity index (χ3v) is 4.47. The lowest BCUT2D eigenvalue weighted by atomic mass is 10.0. The Morgan fingerprint density at radius 1 is 1.36 bits per heavy atom. The number of carbonyl (C=O) groups is 1. The highest BCUT2D eigenvalue weighted by Crippen LogP contribution is 2.37. The third-order valence-electron chi connectivity index (χ3n) is 4.47. The van der Waals surface area contributed by atoms with Gasteiger partial charge in [-0.25, -0.2) is 0 Å². The molecule has 6 heteroatoms. The quantitative estimate of drug-likeness (QED) is 0.816. The van der Waals surface area contributed by atoms with Crippen LogP contribution in [0.3, 0.4) is 0 Å². The summed E-state index contributed by atoms with van der Waals surface area (Å²) in [6, 6.07) is 7.13. The lowest BCUT2D eigenvalue weighted by molar-refractivity contribution is -0.132. The zero-order chi connectivity index (χ0) is 17.2. The van der Waals surface area contributed by atoms with Crippen molar-refractivity contribution in [2.45, 2.75) is 12.6 Å². The number of hydrogen-bond donors (Lipinski definition) is 2. The van der Waals surface area contributed by atoms with Gasteiger partial charge in [-0.3, -0.25) is 15.1 Å². The summed E-state index contributed by atoms with van der Waals surface area (Å²) in [5.74, 6) is 0.568. The number of nitrogens with one attached hydrogen (secondary N) is 1. The predicted octanol–water partition coefficient (Wildman–Crippen LogP) is 1.70. The summed E-state index contributed by atoms with van der Waals surface area (Å²) in [7, 11) is 0. The van der Waals surface area contributed by atoms with E-state index >= 15 is 0 Å². The second-order valence-electron chi connectivity index (χ2n) is 6.15. The summed E-state index contributed by atoms with van der Waals surface area (Å²) in [5, 5.41) is 13.5. The van der Waals surface area contributed by atoms with Gasteiger partial charge in [0.25, 0.3) is 0 Å². The number of amides is 1. The molecule has 1 aromatic carbocycles. The molecule has 0 saturated carbocycles. The molecular weight excluding hydrogens is 318 g/mol. The molecule has 2 aromatic rings. The van der Waals surface area contributed by atoms with Crippen molar-refractivity contribution in [2.24, 2.45) is 0 Å². The highest BCUT2D eigenvalue weighted by Gasteiger charge is 2.27. The summed E-state index contributed by atoms with van der Waals surface area (Å²) in [6.45, 7) is 1.96. The van der Waals surface area contributed by atoms with Crippen LogP contribution >= 0.6 is 0 Å². The Morgan fingerprint density at radius 2 is 2.28 bits per heavy atom. The van der Waals surface area contributed by atoms with Crippen LogP contribution in [0.5, 0.6) is 11.5 Å². The summed E-state index contributed by atoms with van der Waals surface area (Å²) in [4.78, 5) is 18.6. The Bertz CT molecular complexity index is 820. The molecule has 1 atom stereocenters. The topological polar surface area (TPSA) is 74.7 Å². The van der Waals surface area contributed by atoms with Crippen LogP contribution in [0, 0.1) is 0 Å². The first-order valence-electron chi connectivity index (χ1n) is 8.30. The van der Waals surface area contributed by atoms with Gasteiger partial charge in [0.05, 0.1) is 6.54 Å². The molecule has 3 heterocycles. The van der Waals surface area contributed by atoms with Crippen molar-refractivity contribution in [3.05, 3.63) is 54.4 Å². The Balaban J connectivity index is 1.66. The first kappa shape index (κ1) is 15.7. The molecular formula is C19H19N3O3. The molecule has 4 rings (SSSR count). The molecule has 6 nitrogen and oxygen atoms in total. The molecule has 2 aliphatic heterocycles. The summed E-state index contributed by atoms with van der Waals surface area (Å²) >= 11 is 0. The van der Waals surface area contributed by atoms with E-state index in [2.05, 4.69) is 10.3 Å². The number of aromatic hydroxyl groups is 1. The van der Waals surface area contributed by atoms with Gasteiger partial charge in [-0.05, 0) is 23.8 Å². The van der Waals surface area contributed by atoms with Gasteiger partial charge in [0.1, 0.15) is 12.6 Å². The Labute approximate surface area is 145 Å². The molecule has 2 N–H and O–H groups in total. The minimum absolute atomic E-state index is 0.0245. The predicted molar refractivity (Wildman–Crippen MR) is 93.2 cm³/mol. The standard InChI is InChI=1S/C19H19N3O3/c23-17-10-14(13-3-1-5-20-11-13)9-15-12-22(7-8-25-18(15)17)19(24)16-4-2-6-21-16/h1-5,9-11,16,21,23H,6-8,12H2. The number of phenolic OH excluding ortho intramolecular Hbond substituents is 1. The zero-order valence-corrected chi connectivity index (χ0v) is 13.7. The number of nitrogens with zero attached hydrogens (tertiary/aromatic N) is 2. The minimum Gasteiger partial charge on any atom is -0.504 e. The minimum atomic E-state index is -0.281. The van der Waals surface area contributed by atoms with E-state index in [1.54, 1.807) is 23.4 Å². The number of ether oxygens (including phenoxy) is 1. The van der Waals surface area contributed by atoms with E-state index < -0.39 is 0 Å². The second-order valence-corrected chi connectivity index (χ2v) is 6.15. The van der Waals surface area contributed by atoms with E-state index in [-0.39, 0.29) is 17.7 Å². The maximum absolute atomic E-state index is 12.7. The van der Waals surface area contributed by atoms with Crippen LogP contribution in [0.1, 0.15) is 5.56 Å². The number of phenols is 1. The van der Waals surface area contributed by atoms with E-state index in [9.17, 15) is 9.90 Å². The summed E-state index contributed by atoms with van der Waals surface area (Å²) in [6.07, 6.45) is 7.29. The third kappa shape index (κ3) is 3.08. The van der Waals surface area contributed by atoms with Gasteiger partial charge in [-0.15, -0.1) is 0 Å². The molecule has 25 heavy (non-hydrogen) atoms. The normalized spacial score (nSPS) is 19.2. The molecule has 0 spiro atoms. The maximum Gasteiger partial charge on any atom is 0.244 e. The van der Waals surface area contributed by atoms with E-state index in [0.29, 0.717) is 32.0 Å². The van der Waals surface area contributed by atoms with Crippen molar-refractivity contribution < 1.29 is 14.6 Å². The van der Waals surface area contributed by atoms with Crippen molar-refractivity contribution in [1.29, 1.82) is 0 Å². The van der Waals surface area contributed by atoms with Crippen LogP contribution in [-0.4, -0.2) is 46.6 Å². The number of rotatable bonds is 2. The van der Waals surface area contributed by atoms with Crippen LogP contribution in [0.25, 0.3) is 11.1 Å². The van der Waals surface area contributed by atoms with Gasteiger partial charge in [-0.1, -0.05) is 18.2 Å². The van der Waals surface area contributed by atoms with Crippen molar-refractivity contribution in [2.75, 3.05) is 19.7 Å². The van der Waals surface area contributed by atoms with E-state index in [0.717, 1.165) is 16.7 Å². The summed E-state index contributed by atoms with van der Waals surface area (Å²) < 4.78 is 5.72. The lowest BCUT2D eigenvalue weighted by Crippen LogP contribution is -2.44. The number of hydrogen-bond acceptors (Lipinski definition) is 5. The SMILES string of the molecule is O=C(C1C=CCN1)N1CCOc2c(O)cc(-c3cccnc3)cc2C1. The van der Waals surface area contributed by atoms with E-state index in [1.807, 2.05) is 30.4 Å². The second kappa shape index (κ2) is 6.57. The Hall–Kier alpha value is -2.86. The van der Waals surface area contributed by atoms with Crippen LogP contribution in [0.15, 0.2) is 48.8 Å². The van der Waals surface area contributed by atoms with E-state index in [4.69, 9.17) is 4.74 Å². The van der Waals surface area contributed by atoms with Crippen molar-refractivity contribution >= 4 is 5.91 Å². The van der Waals surface area contributed by atoms with Crippen LogP contribution in [0.4, 0.5) is 0 Å². The number of fused-ring (bicyclic) bond motifs is 1. The van der Waals surface area contributed by atoms with Gasteiger partial charge in [0.2, 0.25) is 5.91 Å². The first-order valence-corrected chi connectivity index (χ1v) is 8.30. The fourth-order valence-electron chi connectivity index (χ4n) is 3.22. The van der Waals surface area contributed by atoms with Crippen molar-refractivity contribution in [3.63, 3.8) is 0 Å². The lowest BCUT2D eigenvalue weighted by Gasteiger charge is -2.23. The van der Waals surface area contributed by atoms with Gasteiger partial charge in [0.15, 0.2) is 11.5 Å². The molecule has 128 valence electrons. The number of aromatic nitrogens is 1. The van der Waals surface area contributed by atoms with Crippen LogP contribution in [0.2, 0.25) is 0 Å². The van der Waals surface area contributed by atoms with Crippen molar-refractivity contribution in [1.82, 2.24) is 15.2 Å². The molecule has 2 aliphatic rings. The molecule has 0 bridgehead atoms. The number of carbonyl (C=O) groups excluding carboxylic acids is 1. The monoisotopic (exact) mass is 337 g/mol. The smallest absolute Gasteiger partial charge is 0.244 e. The fourth-order valence-corrected chi connectivity index (χ4v) is 3.22. The Kier molecular flexibility index (Phi) is 4.11. The molecule has 0 fully saturated rings. The molecule has 1 aromatic heterocycles. The maximum atomic E-state index is 12.7. The highest BCUT2D eigenvalue weighted by molar-refractivity contribution is 5.84. The van der Waals surface area contributed by atoms with Gasteiger partial charge in [-0.2, -0.15) is 0 Å². The highest BCUT2D eigenvalue weighted by atomic mass is 16.5. The zero-order valence-electron chi connectivity index (χ0n) is 13.7. The molecule has 0 aliphatic carbocycles. The van der Waals surface area contributed by atoms with Crippen molar-refractivity contribution in [3.8, 4) is 22.6 Å².